The van der Waals surface area contributed by atoms with E-state index in [0.717, 1.165) is 11.5 Å². The third-order valence-corrected chi connectivity index (χ3v) is 3.82. The van der Waals surface area contributed by atoms with Gasteiger partial charge in [-0.25, -0.2) is 4.98 Å². The lowest BCUT2D eigenvalue weighted by Gasteiger charge is -2.18. The summed E-state index contributed by atoms with van der Waals surface area (Å²) in [6.07, 6.45) is 0. The number of nitrogens with zero attached hydrogens (tertiary/aromatic N) is 1. The van der Waals surface area contributed by atoms with E-state index in [9.17, 15) is 0 Å². The number of aryl methyl sites for hydroxylation is 1. The minimum absolute atomic E-state index is 0.0191. The molecule has 2 rings (SSSR count). The molecule has 0 spiro atoms. The fraction of sp³-hybridized carbons (Fsp3) is 0.385. The normalized spacial score (nSPS) is 11.8. The van der Waals surface area contributed by atoms with E-state index in [-0.39, 0.29) is 5.41 Å². The summed E-state index contributed by atoms with van der Waals surface area (Å²) in [5.74, 6) is 0.938. The van der Waals surface area contributed by atoms with Gasteiger partial charge in [-0.15, -0.1) is 11.3 Å². The van der Waals surface area contributed by atoms with Gasteiger partial charge >= 0.3 is 0 Å². The summed E-state index contributed by atoms with van der Waals surface area (Å²) in [6, 6.07) is 4.05. The summed E-state index contributed by atoms with van der Waals surface area (Å²) in [6.45, 7) is 8.50. The molecule has 17 heavy (non-hydrogen) atoms. The van der Waals surface area contributed by atoms with Gasteiger partial charge in [0.1, 0.15) is 10.5 Å². The molecule has 90 valence electrons. The molecule has 0 atom stereocenters. The maximum Gasteiger partial charge on any atom is 0.130 e. The van der Waals surface area contributed by atoms with Crippen LogP contribution in [0.1, 0.15) is 32.2 Å². The molecule has 0 saturated carbocycles. The Labute approximate surface area is 111 Å². The number of rotatable bonds is 1. The molecule has 2 nitrogen and oxygen atoms in total. The van der Waals surface area contributed by atoms with Gasteiger partial charge in [0.15, 0.2) is 0 Å². The molecule has 1 N–H and O–H groups in total. The second kappa shape index (κ2) is 4.35. The highest BCUT2D eigenvalue weighted by Gasteiger charge is 2.17. The number of H-pyrrole nitrogens is 1. The molecule has 0 unspecified atom stereocenters. The Hall–Kier alpha value is -1.00. The molecule has 4 heteroatoms. The first-order chi connectivity index (χ1) is 7.88. The summed E-state index contributed by atoms with van der Waals surface area (Å²) < 4.78 is 0.650. The average molecular weight is 264 g/mol. The van der Waals surface area contributed by atoms with Gasteiger partial charge < -0.3 is 4.98 Å². The van der Waals surface area contributed by atoms with Crippen molar-refractivity contribution in [2.24, 2.45) is 0 Å². The van der Waals surface area contributed by atoms with Gasteiger partial charge in [-0.05, 0) is 30.0 Å². The predicted molar refractivity (Wildman–Crippen MR) is 76.2 cm³/mol. The third-order valence-electron chi connectivity index (χ3n) is 2.56. The van der Waals surface area contributed by atoms with Crippen LogP contribution in [0.4, 0.5) is 0 Å². The Kier molecular flexibility index (Phi) is 3.19. The molecule has 2 heterocycles. The van der Waals surface area contributed by atoms with Gasteiger partial charge in [-0.2, -0.15) is 0 Å². The highest BCUT2D eigenvalue weighted by atomic mass is 32.1. The van der Waals surface area contributed by atoms with Gasteiger partial charge in [-0.3, -0.25) is 0 Å². The quantitative estimate of drug-likeness (QED) is 0.770. The fourth-order valence-corrected chi connectivity index (χ4v) is 2.69. The van der Waals surface area contributed by atoms with Crippen LogP contribution in [0.25, 0.3) is 10.6 Å². The maximum absolute atomic E-state index is 5.25. The molecule has 0 aliphatic heterocycles. The summed E-state index contributed by atoms with van der Waals surface area (Å²) >= 11 is 6.97. The van der Waals surface area contributed by atoms with E-state index >= 15 is 0 Å². The number of hydrogen-bond acceptors (Lipinski definition) is 3. The second-order valence-corrected chi connectivity index (χ2v) is 6.50. The molecule has 2 aromatic rings. The van der Waals surface area contributed by atoms with Gasteiger partial charge in [0.25, 0.3) is 0 Å². The van der Waals surface area contributed by atoms with E-state index in [1.54, 1.807) is 11.3 Å². The summed E-state index contributed by atoms with van der Waals surface area (Å²) in [7, 11) is 0. The highest BCUT2D eigenvalue weighted by Crippen LogP contribution is 2.29. The number of aromatic nitrogens is 2. The molecule has 0 fully saturated rings. The van der Waals surface area contributed by atoms with Gasteiger partial charge in [0.05, 0.1) is 10.6 Å². The molecule has 2 aromatic heterocycles. The zero-order valence-electron chi connectivity index (χ0n) is 10.5. The van der Waals surface area contributed by atoms with E-state index < -0.39 is 0 Å². The molecule has 0 bridgehead atoms. The van der Waals surface area contributed by atoms with Crippen LogP contribution in [0.3, 0.4) is 0 Å². The van der Waals surface area contributed by atoms with Crippen molar-refractivity contribution < 1.29 is 0 Å². The van der Waals surface area contributed by atoms with E-state index in [2.05, 4.69) is 49.1 Å². The third kappa shape index (κ3) is 2.64. The largest absolute Gasteiger partial charge is 0.342 e. The molecule has 0 aromatic carbocycles. The first-order valence-electron chi connectivity index (χ1n) is 5.54. The second-order valence-electron chi connectivity index (χ2n) is 5.16. The van der Waals surface area contributed by atoms with Crippen LogP contribution in [0.15, 0.2) is 17.5 Å². The Morgan fingerprint density at radius 3 is 2.59 bits per heavy atom. The van der Waals surface area contributed by atoms with Crippen LogP contribution in [-0.2, 0) is 5.41 Å². The lowest BCUT2D eigenvalue weighted by molar-refractivity contribution is 0.545. The molecular formula is C13H16N2S2. The molecular weight excluding hydrogens is 248 g/mol. The molecule has 0 aliphatic rings. The highest BCUT2D eigenvalue weighted by molar-refractivity contribution is 7.71. The maximum atomic E-state index is 5.25. The van der Waals surface area contributed by atoms with E-state index in [4.69, 9.17) is 12.2 Å². The average Bonchev–Trinajstić information content (AvgIpc) is 2.62. The smallest absolute Gasteiger partial charge is 0.130 e. The Bertz CT molecular complexity index is 588. The SMILES string of the molecule is Cc1ccsc1-c1cc(=S)nc(C(C)(C)C)[nH]1. The predicted octanol–water partition coefficient (Wildman–Crippen LogP) is 4.47. The topological polar surface area (TPSA) is 28.7 Å². The molecule has 0 aliphatic carbocycles. The lowest BCUT2D eigenvalue weighted by Crippen LogP contribution is -2.16. The minimum atomic E-state index is -0.0191. The van der Waals surface area contributed by atoms with Crippen LogP contribution in [0.2, 0.25) is 0 Å². The number of aromatic amines is 1. The molecule has 0 amide bonds. The zero-order valence-corrected chi connectivity index (χ0v) is 12.1. The zero-order chi connectivity index (χ0) is 12.6. The van der Waals surface area contributed by atoms with E-state index in [0.29, 0.717) is 4.64 Å². The van der Waals surface area contributed by atoms with Crippen LogP contribution in [0.5, 0.6) is 0 Å². The van der Waals surface area contributed by atoms with Gasteiger partial charge in [-0.1, -0.05) is 33.0 Å². The van der Waals surface area contributed by atoms with Crippen LogP contribution in [0, 0.1) is 11.6 Å². The van der Waals surface area contributed by atoms with E-state index in [1.165, 1.54) is 10.4 Å². The van der Waals surface area contributed by atoms with Crippen LogP contribution < -0.4 is 0 Å². The lowest BCUT2D eigenvalue weighted by atomic mass is 9.95. The fourth-order valence-electron chi connectivity index (χ4n) is 1.58. The van der Waals surface area contributed by atoms with Crippen molar-refractivity contribution in [2.45, 2.75) is 33.1 Å². The van der Waals surface area contributed by atoms with Crippen molar-refractivity contribution in [2.75, 3.05) is 0 Å². The van der Waals surface area contributed by atoms with E-state index in [1.807, 2.05) is 6.07 Å². The van der Waals surface area contributed by atoms with Crippen molar-refractivity contribution in [3.63, 3.8) is 0 Å². The summed E-state index contributed by atoms with van der Waals surface area (Å²) in [5, 5.41) is 2.10. The van der Waals surface area contributed by atoms with Crippen LogP contribution in [-0.4, -0.2) is 9.97 Å². The number of hydrogen-bond donors (Lipinski definition) is 1. The Morgan fingerprint density at radius 2 is 2.06 bits per heavy atom. The van der Waals surface area contributed by atoms with Crippen LogP contribution >= 0.6 is 23.6 Å². The van der Waals surface area contributed by atoms with Crippen molar-refractivity contribution in [1.29, 1.82) is 0 Å². The van der Waals surface area contributed by atoms with Crippen molar-refractivity contribution >= 4 is 23.6 Å². The Morgan fingerprint density at radius 1 is 1.35 bits per heavy atom. The number of thiophene rings is 1. The van der Waals surface area contributed by atoms with Crippen molar-refractivity contribution in [3.8, 4) is 10.6 Å². The standard InChI is InChI=1S/C13H16N2S2/c1-8-5-6-17-11(8)9-7-10(16)15-12(14-9)13(2,3)4/h5-7H,1-4H3,(H,14,15,16). The number of nitrogens with one attached hydrogen (secondary N) is 1. The summed E-state index contributed by atoms with van der Waals surface area (Å²) in [5.41, 5.74) is 2.32. The van der Waals surface area contributed by atoms with Crippen molar-refractivity contribution in [3.05, 3.63) is 33.5 Å². The van der Waals surface area contributed by atoms with Gasteiger partial charge in [0, 0.05) is 5.41 Å². The molecule has 0 saturated heterocycles. The first-order valence-corrected chi connectivity index (χ1v) is 6.83. The minimum Gasteiger partial charge on any atom is -0.342 e. The van der Waals surface area contributed by atoms with Crippen molar-refractivity contribution in [1.82, 2.24) is 9.97 Å². The monoisotopic (exact) mass is 264 g/mol. The summed E-state index contributed by atoms with van der Waals surface area (Å²) in [4.78, 5) is 9.05. The van der Waals surface area contributed by atoms with Gasteiger partial charge in [0.2, 0.25) is 0 Å². The Balaban J connectivity index is 2.61. The first kappa shape index (κ1) is 12.5. The molecule has 0 radical (unpaired) electrons.